The lowest BCUT2D eigenvalue weighted by atomic mass is 9.85. The van der Waals surface area contributed by atoms with Crippen molar-refractivity contribution in [2.24, 2.45) is 11.8 Å². The van der Waals surface area contributed by atoms with Crippen LogP contribution >= 0.6 is 0 Å². The van der Waals surface area contributed by atoms with Crippen LogP contribution in [0.25, 0.3) is 0 Å². The van der Waals surface area contributed by atoms with Crippen molar-refractivity contribution in [3.8, 4) is 0 Å². The van der Waals surface area contributed by atoms with Crippen LogP contribution in [-0.4, -0.2) is 31.9 Å². The molecule has 98 valence electrons. The summed E-state index contributed by atoms with van der Waals surface area (Å²) in [6.45, 7) is 2.16. The fourth-order valence-electron chi connectivity index (χ4n) is 2.83. The molecule has 3 atom stereocenters. The third-order valence-electron chi connectivity index (χ3n) is 4.04. The number of carbonyl (C=O) groups excluding carboxylic acids is 1. The number of sulfone groups is 1. The van der Waals surface area contributed by atoms with E-state index in [4.69, 9.17) is 0 Å². The SMILES string of the molecule is C[C@@H]1CCCC[C@H]1NC(=O)[C@@H]1CCS(=O)(=O)C1. The summed E-state index contributed by atoms with van der Waals surface area (Å²) in [6, 6.07) is 0.250. The van der Waals surface area contributed by atoms with Gasteiger partial charge in [-0.05, 0) is 25.2 Å². The average Bonchev–Trinajstić information content (AvgIpc) is 2.62. The van der Waals surface area contributed by atoms with Crippen LogP contribution in [0.4, 0.5) is 0 Å². The zero-order valence-corrected chi connectivity index (χ0v) is 11.1. The van der Waals surface area contributed by atoms with Gasteiger partial charge in [0.1, 0.15) is 0 Å². The lowest BCUT2D eigenvalue weighted by Crippen LogP contribution is -2.44. The summed E-state index contributed by atoms with van der Waals surface area (Å²) in [5, 5.41) is 3.04. The van der Waals surface area contributed by atoms with Crippen molar-refractivity contribution in [3.05, 3.63) is 0 Å². The second-order valence-electron chi connectivity index (χ2n) is 5.48. The molecule has 1 saturated carbocycles. The fraction of sp³-hybridized carbons (Fsp3) is 0.917. The second-order valence-corrected chi connectivity index (χ2v) is 7.71. The first-order valence-electron chi connectivity index (χ1n) is 6.49. The molecular formula is C12H21NO3S. The third kappa shape index (κ3) is 3.21. The molecule has 4 nitrogen and oxygen atoms in total. The number of hydrogen-bond donors (Lipinski definition) is 1. The Hall–Kier alpha value is -0.580. The van der Waals surface area contributed by atoms with Crippen LogP contribution < -0.4 is 5.32 Å². The van der Waals surface area contributed by atoms with E-state index in [0.29, 0.717) is 12.3 Å². The fourth-order valence-corrected chi connectivity index (χ4v) is 4.57. The molecule has 0 radical (unpaired) electrons. The van der Waals surface area contributed by atoms with Crippen molar-refractivity contribution >= 4 is 15.7 Å². The maximum absolute atomic E-state index is 12.0. The Balaban J connectivity index is 1.89. The normalized spacial score (nSPS) is 36.6. The zero-order chi connectivity index (χ0) is 12.5. The van der Waals surface area contributed by atoms with Gasteiger partial charge < -0.3 is 5.32 Å². The number of hydrogen-bond acceptors (Lipinski definition) is 3. The van der Waals surface area contributed by atoms with E-state index >= 15 is 0 Å². The highest BCUT2D eigenvalue weighted by Crippen LogP contribution is 2.25. The molecule has 2 rings (SSSR count). The summed E-state index contributed by atoms with van der Waals surface area (Å²) in [5.41, 5.74) is 0. The van der Waals surface area contributed by atoms with Gasteiger partial charge in [0.15, 0.2) is 9.84 Å². The first kappa shape index (κ1) is 12.9. The molecule has 1 heterocycles. The molecule has 1 aliphatic heterocycles. The van der Waals surface area contributed by atoms with E-state index in [2.05, 4.69) is 12.2 Å². The van der Waals surface area contributed by atoms with Gasteiger partial charge in [-0.2, -0.15) is 0 Å². The quantitative estimate of drug-likeness (QED) is 0.808. The highest BCUT2D eigenvalue weighted by atomic mass is 32.2. The van der Waals surface area contributed by atoms with E-state index in [-0.39, 0.29) is 29.4 Å². The predicted molar refractivity (Wildman–Crippen MR) is 66.3 cm³/mol. The lowest BCUT2D eigenvalue weighted by Gasteiger charge is -2.30. The second kappa shape index (κ2) is 4.96. The summed E-state index contributed by atoms with van der Waals surface area (Å²) < 4.78 is 22.6. The van der Waals surface area contributed by atoms with Gasteiger partial charge in [0.25, 0.3) is 0 Å². The molecule has 2 fully saturated rings. The van der Waals surface area contributed by atoms with Gasteiger partial charge >= 0.3 is 0 Å². The van der Waals surface area contributed by atoms with Crippen LogP contribution in [0.1, 0.15) is 39.0 Å². The monoisotopic (exact) mass is 259 g/mol. The number of nitrogens with one attached hydrogen (secondary N) is 1. The van der Waals surface area contributed by atoms with Crippen LogP contribution in [0.5, 0.6) is 0 Å². The van der Waals surface area contributed by atoms with Gasteiger partial charge in [-0.1, -0.05) is 19.8 Å². The smallest absolute Gasteiger partial charge is 0.224 e. The molecule has 1 N–H and O–H groups in total. The van der Waals surface area contributed by atoms with Crippen LogP contribution in [0, 0.1) is 11.8 Å². The van der Waals surface area contributed by atoms with Crippen molar-refractivity contribution in [1.82, 2.24) is 5.32 Å². The van der Waals surface area contributed by atoms with E-state index in [1.165, 1.54) is 6.42 Å². The van der Waals surface area contributed by atoms with E-state index in [1.54, 1.807) is 0 Å². The van der Waals surface area contributed by atoms with Crippen molar-refractivity contribution in [3.63, 3.8) is 0 Å². The van der Waals surface area contributed by atoms with Gasteiger partial charge in [0.2, 0.25) is 5.91 Å². The Labute approximate surface area is 103 Å². The largest absolute Gasteiger partial charge is 0.353 e. The van der Waals surface area contributed by atoms with Crippen LogP contribution in [-0.2, 0) is 14.6 Å². The van der Waals surface area contributed by atoms with Crippen LogP contribution in [0.3, 0.4) is 0 Å². The molecular weight excluding hydrogens is 238 g/mol. The summed E-state index contributed by atoms with van der Waals surface area (Å²) in [7, 11) is -2.96. The summed E-state index contributed by atoms with van der Waals surface area (Å²) >= 11 is 0. The summed E-state index contributed by atoms with van der Waals surface area (Å²) in [4.78, 5) is 12.0. The maximum atomic E-state index is 12.0. The molecule has 1 saturated heterocycles. The van der Waals surface area contributed by atoms with E-state index in [0.717, 1.165) is 19.3 Å². The average molecular weight is 259 g/mol. The summed E-state index contributed by atoms with van der Waals surface area (Å²) in [5.74, 6) is 0.371. The molecule has 17 heavy (non-hydrogen) atoms. The minimum atomic E-state index is -2.96. The molecule has 0 bridgehead atoms. The molecule has 0 aromatic rings. The first-order valence-corrected chi connectivity index (χ1v) is 8.31. The minimum absolute atomic E-state index is 0.0416. The highest BCUT2D eigenvalue weighted by Gasteiger charge is 2.34. The molecule has 1 amide bonds. The third-order valence-corrected chi connectivity index (χ3v) is 5.81. The van der Waals surface area contributed by atoms with Crippen LogP contribution in [0.15, 0.2) is 0 Å². The van der Waals surface area contributed by atoms with E-state index < -0.39 is 9.84 Å². The lowest BCUT2D eigenvalue weighted by molar-refractivity contribution is -0.125. The standard InChI is InChI=1S/C12H21NO3S/c1-9-4-2-3-5-11(9)13-12(14)10-6-7-17(15,16)8-10/h9-11H,2-8H2,1H3,(H,13,14)/t9-,10-,11-/m1/s1. The van der Waals surface area contributed by atoms with E-state index in [1.807, 2.05) is 0 Å². The number of carbonyl (C=O) groups is 1. The molecule has 0 unspecified atom stereocenters. The highest BCUT2D eigenvalue weighted by molar-refractivity contribution is 7.91. The molecule has 1 aliphatic carbocycles. The van der Waals surface area contributed by atoms with Crippen molar-refractivity contribution in [1.29, 1.82) is 0 Å². The molecule has 0 aromatic heterocycles. The Morgan fingerprint density at radius 3 is 2.47 bits per heavy atom. The minimum Gasteiger partial charge on any atom is -0.353 e. The van der Waals surface area contributed by atoms with Gasteiger partial charge in [-0.15, -0.1) is 0 Å². The van der Waals surface area contributed by atoms with Gasteiger partial charge in [-0.25, -0.2) is 8.42 Å². The summed E-state index contributed by atoms with van der Waals surface area (Å²) in [6.07, 6.45) is 5.10. The number of amides is 1. The Morgan fingerprint density at radius 2 is 1.88 bits per heavy atom. The van der Waals surface area contributed by atoms with Crippen molar-refractivity contribution in [2.45, 2.75) is 45.1 Å². The van der Waals surface area contributed by atoms with Gasteiger partial charge in [0.05, 0.1) is 17.4 Å². The van der Waals surface area contributed by atoms with Crippen molar-refractivity contribution < 1.29 is 13.2 Å². The predicted octanol–water partition coefficient (Wildman–Crippen LogP) is 1.12. The molecule has 0 aromatic carbocycles. The number of rotatable bonds is 2. The van der Waals surface area contributed by atoms with Crippen molar-refractivity contribution in [2.75, 3.05) is 11.5 Å². The van der Waals surface area contributed by atoms with Crippen LogP contribution in [0.2, 0.25) is 0 Å². The topological polar surface area (TPSA) is 63.2 Å². The Morgan fingerprint density at radius 1 is 1.18 bits per heavy atom. The maximum Gasteiger partial charge on any atom is 0.224 e. The zero-order valence-electron chi connectivity index (χ0n) is 10.3. The molecule has 2 aliphatic rings. The molecule has 5 heteroatoms. The van der Waals surface area contributed by atoms with E-state index in [9.17, 15) is 13.2 Å². The Kier molecular flexibility index (Phi) is 3.76. The van der Waals surface area contributed by atoms with Gasteiger partial charge in [0, 0.05) is 6.04 Å². The molecule has 0 spiro atoms. The first-order chi connectivity index (χ1) is 7.98. The Bertz CT molecular complexity index is 391. The van der Waals surface area contributed by atoms with Gasteiger partial charge in [-0.3, -0.25) is 4.79 Å².